The highest BCUT2D eigenvalue weighted by atomic mass is 32.2. The van der Waals surface area contributed by atoms with E-state index in [9.17, 15) is 9.59 Å². The van der Waals surface area contributed by atoms with E-state index in [-0.39, 0.29) is 0 Å². The summed E-state index contributed by atoms with van der Waals surface area (Å²) >= 11 is 1.24. The van der Waals surface area contributed by atoms with Crippen molar-refractivity contribution in [3.63, 3.8) is 0 Å². The largest absolute Gasteiger partial charge is 0.286 e. The number of hydrogen-bond donors (Lipinski definition) is 0. The molecular weight excluding hydrogens is 138 g/mol. The number of imide groups is 1. The standard InChI is InChI=1S/C5H4NO2S/c1-9-3-2-4(7)6-5(3)8/h2H,1H3. The van der Waals surface area contributed by atoms with Crippen LogP contribution in [-0.2, 0) is 9.59 Å². The van der Waals surface area contributed by atoms with Gasteiger partial charge in [-0.15, -0.1) is 11.8 Å². The quantitative estimate of drug-likeness (QED) is 0.480. The van der Waals surface area contributed by atoms with E-state index in [1.165, 1.54) is 17.8 Å². The Morgan fingerprint density at radius 1 is 1.56 bits per heavy atom. The fourth-order valence-corrected chi connectivity index (χ4v) is 0.947. The second-order valence-corrected chi connectivity index (χ2v) is 2.32. The van der Waals surface area contributed by atoms with Crippen molar-refractivity contribution in [3.8, 4) is 0 Å². The summed E-state index contributed by atoms with van der Waals surface area (Å²) in [4.78, 5) is 21.3. The molecule has 3 nitrogen and oxygen atoms in total. The zero-order valence-corrected chi connectivity index (χ0v) is 5.57. The summed E-state index contributed by atoms with van der Waals surface area (Å²) in [6.45, 7) is 0. The average molecular weight is 142 g/mol. The Morgan fingerprint density at radius 2 is 2.22 bits per heavy atom. The lowest BCUT2D eigenvalue weighted by Crippen LogP contribution is -2.12. The normalized spacial score (nSPS) is 17.7. The van der Waals surface area contributed by atoms with Gasteiger partial charge in [-0.3, -0.25) is 9.59 Å². The lowest BCUT2D eigenvalue weighted by atomic mass is 10.6. The molecule has 1 aliphatic rings. The van der Waals surface area contributed by atoms with Crippen molar-refractivity contribution in [1.82, 2.24) is 5.32 Å². The summed E-state index contributed by atoms with van der Waals surface area (Å²) in [7, 11) is 0. The van der Waals surface area contributed by atoms with E-state index in [1.807, 2.05) is 0 Å². The molecule has 0 aromatic rings. The van der Waals surface area contributed by atoms with Crippen molar-refractivity contribution in [2.75, 3.05) is 6.26 Å². The maximum absolute atomic E-state index is 10.5. The molecule has 1 heterocycles. The van der Waals surface area contributed by atoms with E-state index < -0.39 is 11.8 Å². The summed E-state index contributed by atoms with van der Waals surface area (Å²) in [5.74, 6) is -0.850. The van der Waals surface area contributed by atoms with Crippen LogP contribution in [0.4, 0.5) is 0 Å². The smallest absolute Gasteiger partial charge is 0.267 e. The van der Waals surface area contributed by atoms with Crippen LogP contribution in [0, 0.1) is 0 Å². The van der Waals surface area contributed by atoms with Crippen molar-refractivity contribution in [1.29, 1.82) is 0 Å². The first-order valence-corrected chi connectivity index (χ1v) is 3.52. The second kappa shape index (κ2) is 2.23. The molecule has 0 aromatic carbocycles. The summed E-state index contributed by atoms with van der Waals surface area (Å²) in [6.07, 6.45) is 2.98. The van der Waals surface area contributed by atoms with Gasteiger partial charge in [-0.1, -0.05) is 0 Å². The molecule has 0 spiro atoms. The van der Waals surface area contributed by atoms with Gasteiger partial charge in [0.1, 0.15) is 0 Å². The van der Waals surface area contributed by atoms with Crippen LogP contribution >= 0.6 is 11.8 Å². The monoisotopic (exact) mass is 142 g/mol. The Labute approximate surface area is 56.5 Å². The van der Waals surface area contributed by atoms with Crippen LogP contribution in [0.2, 0.25) is 0 Å². The number of amides is 2. The molecule has 9 heavy (non-hydrogen) atoms. The van der Waals surface area contributed by atoms with Gasteiger partial charge in [-0.05, 0) is 6.26 Å². The van der Waals surface area contributed by atoms with Crippen LogP contribution in [0.25, 0.3) is 0 Å². The van der Waals surface area contributed by atoms with Crippen molar-refractivity contribution in [2.45, 2.75) is 0 Å². The van der Waals surface area contributed by atoms with Crippen LogP contribution < -0.4 is 5.32 Å². The molecule has 0 fully saturated rings. The van der Waals surface area contributed by atoms with Gasteiger partial charge in [0.05, 0.1) is 4.91 Å². The van der Waals surface area contributed by atoms with Crippen LogP contribution in [0.3, 0.4) is 0 Å². The highest BCUT2D eigenvalue weighted by Gasteiger charge is 2.21. The molecule has 0 aromatic heterocycles. The van der Waals surface area contributed by atoms with Crippen LogP contribution in [0.1, 0.15) is 0 Å². The molecular formula is C5H4NO2S. The van der Waals surface area contributed by atoms with E-state index >= 15 is 0 Å². The molecule has 0 unspecified atom stereocenters. The SMILES string of the molecule is CSC1=CC(=O)[N]C1=O. The molecule has 47 valence electrons. The molecule has 0 aliphatic carbocycles. The van der Waals surface area contributed by atoms with Gasteiger partial charge in [0.2, 0.25) is 0 Å². The fraction of sp³-hybridized carbons (Fsp3) is 0.200. The highest BCUT2D eigenvalue weighted by molar-refractivity contribution is 8.03. The Balaban J connectivity index is 2.80. The number of hydrogen-bond acceptors (Lipinski definition) is 3. The fourth-order valence-electron chi connectivity index (χ4n) is 0.508. The van der Waals surface area contributed by atoms with Gasteiger partial charge in [-0.25, -0.2) is 0 Å². The minimum absolute atomic E-state index is 0.410. The summed E-state index contributed by atoms with van der Waals surface area (Å²) in [5, 5.41) is 3.15. The molecule has 0 N–H and O–H groups in total. The van der Waals surface area contributed by atoms with Gasteiger partial charge in [0.15, 0.2) is 0 Å². The number of nitrogens with zero attached hydrogens (tertiary/aromatic N) is 1. The van der Waals surface area contributed by atoms with Gasteiger partial charge in [0, 0.05) is 6.08 Å². The van der Waals surface area contributed by atoms with E-state index in [2.05, 4.69) is 5.32 Å². The van der Waals surface area contributed by atoms with Gasteiger partial charge in [0.25, 0.3) is 11.8 Å². The Hall–Kier alpha value is -0.770. The molecule has 1 aliphatic heterocycles. The zero-order chi connectivity index (χ0) is 6.85. The minimum Gasteiger partial charge on any atom is -0.267 e. The topological polar surface area (TPSA) is 48.2 Å². The maximum Gasteiger partial charge on any atom is 0.286 e. The molecule has 1 radical (unpaired) electrons. The highest BCUT2D eigenvalue weighted by Crippen LogP contribution is 2.15. The first-order chi connectivity index (χ1) is 4.24. The van der Waals surface area contributed by atoms with Crippen molar-refractivity contribution < 1.29 is 9.59 Å². The Bertz CT molecular complexity index is 197. The van der Waals surface area contributed by atoms with E-state index in [0.29, 0.717) is 4.91 Å². The molecule has 0 saturated heterocycles. The van der Waals surface area contributed by atoms with Gasteiger partial charge in [-0.2, -0.15) is 5.32 Å². The summed E-state index contributed by atoms with van der Waals surface area (Å²) in [5.41, 5.74) is 0. The molecule has 1 rings (SSSR count). The second-order valence-electron chi connectivity index (χ2n) is 1.47. The number of thioether (sulfide) groups is 1. The van der Waals surface area contributed by atoms with Gasteiger partial charge < -0.3 is 0 Å². The third kappa shape index (κ3) is 1.13. The molecule has 0 atom stereocenters. The third-order valence-corrected chi connectivity index (χ3v) is 1.63. The van der Waals surface area contributed by atoms with Crippen LogP contribution in [0.5, 0.6) is 0 Å². The van der Waals surface area contributed by atoms with Crippen LogP contribution in [0.15, 0.2) is 11.0 Å². The molecule has 2 amide bonds. The predicted molar refractivity (Wildman–Crippen MR) is 33.7 cm³/mol. The maximum atomic E-state index is 10.5. The van der Waals surface area contributed by atoms with E-state index in [1.54, 1.807) is 6.26 Å². The molecule has 4 heteroatoms. The molecule has 0 bridgehead atoms. The lowest BCUT2D eigenvalue weighted by Gasteiger charge is -1.86. The Kier molecular flexibility index (Phi) is 1.57. The number of carbonyl (C=O) groups excluding carboxylic acids is 2. The summed E-state index contributed by atoms with van der Waals surface area (Å²) < 4.78 is 0. The lowest BCUT2D eigenvalue weighted by molar-refractivity contribution is -0.124. The average Bonchev–Trinajstić information content (AvgIpc) is 2.10. The van der Waals surface area contributed by atoms with Crippen molar-refractivity contribution in [3.05, 3.63) is 11.0 Å². The number of rotatable bonds is 1. The van der Waals surface area contributed by atoms with E-state index in [4.69, 9.17) is 0 Å². The summed E-state index contributed by atoms with van der Waals surface area (Å²) in [6, 6.07) is 0. The van der Waals surface area contributed by atoms with Gasteiger partial charge >= 0.3 is 0 Å². The Morgan fingerprint density at radius 3 is 2.44 bits per heavy atom. The van der Waals surface area contributed by atoms with Crippen molar-refractivity contribution >= 4 is 23.6 Å². The predicted octanol–water partition coefficient (Wildman–Crippen LogP) is -0.0955. The first-order valence-electron chi connectivity index (χ1n) is 2.30. The van der Waals surface area contributed by atoms with E-state index in [0.717, 1.165) is 0 Å². The zero-order valence-electron chi connectivity index (χ0n) is 4.75. The minimum atomic E-state index is -0.440. The van der Waals surface area contributed by atoms with Crippen molar-refractivity contribution in [2.24, 2.45) is 0 Å². The third-order valence-electron chi connectivity index (χ3n) is 0.897. The number of carbonyl (C=O) groups is 2. The first kappa shape index (κ1) is 6.35. The van der Waals surface area contributed by atoms with Crippen LogP contribution in [-0.4, -0.2) is 18.1 Å². The molecule has 0 saturated carbocycles.